The summed E-state index contributed by atoms with van der Waals surface area (Å²) in [5, 5.41) is 10.9. The van der Waals surface area contributed by atoms with Crippen LogP contribution < -0.4 is 10.1 Å². The van der Waals surface area contributed by atoms with E-state index < -0.39 is 27.1 Å². The molecule has 0 bridgehead atoms. The molecular formula is C14H16ClNO6S. The molecule has 1 aromatic rings. The fraction of sp³-hybridized carbons (Fsp3) is 0.500. The summed E-state index contributed by atoms with van der Waals surface area (Å²) in [6, 6.07) is 3.56. The van der Waals surface area contributed by atoms with Crippen LogP contribution >= 0.6 is 11.6 Å². The van der Waals surface area contributed by atoms with Gasteiger partial charge in [-0.1, -0.05) is 11.6 Å². The maximum atomic E-state index is 12.6. The first-order valence-corrected chi connectivity index (χ1v) is 9.04. The van der Waals surface area contributed by atoms with Gasteiger partial charge in [0.2, 0.25) is 0 Å². The van der Waals surface area contributed by atoms with Gasteiger partial charge < -0.3 is 19.9 Å². The van der Waals surface area contributed by atoms with Gasteiger partial charge in [0.05, 0.1) is 28.4 Å². The zero-order valence-corrected chi connectivity index (χ0v) is 13.6. The van der Waals surface area contributed by atoms with Crippen molar-refractivity contribution in [2.45, 2.75) is 28.7 Å². The summed E-state index contributed by atoms with van der Waals surface area (Å²) < 4.78 is 35.9. The number of nitrogens with one attached hydrogen (secondary N) is 1. The Morgan fingerprint density at radius 3 is 2.65 bits per heavy atom. The summed E-state index contributed by atoms with van der Waals surface area (Å²) >= 11 is 6.11. The molecule has 0 saturated carbocycles. The number of halogens is 1. The van der Waals surface area contributed by atoms with Gasteiger partial charge in [-0.25, -0.2) is 8.42 Å². The molecule has 7 nitrogen and oxygen atoms in total. The molecule has 0 aliphatic carbocycles. The van der Waals surface area contributed by atoms with Gasteiger partial charge in [-0.05, 0) is 18.6 Å². The minimum atomic E-state index is -3.71. The molecule has 0 amide bonds. The average molecular weight is 362 g/mol. The third-order valence-electron chi connectivity index (χ3n) is 3.95. The molecule has 2 saturated heterocycles. The molecule has 2 heterocycles. The monoisotopic (exact) mass is 361 g/mol. The van der Waals surface area contributed by atoms with E-state index in [9.17, 15) is 13.2 Å². The smallest absolute Gasteiger partial charge is 0.320 e. The molecule has 1 aromatic carbocycles. The number of carboxylic acid groups (broad SMARTS) is 1. The Kier molecular flexibility index (Phi) is 4.50. The van der Waals surface area contributed by atoms with Crippen molar-refractivity contribution in [3.63, 3.8) is 0 Å². The number of rotatable bonds is 5. The molecule has 126 valence electrons. The van der Waals surface area contributed by atoms with E-state index in [0.29, 0.717) is 19.0 Å². The van der Waals surface area contributed by atoms with Crippen molar-refractivity contribution in [1.29, 1.82) is 0 Å². The van der Waals surface area contributed by atoms with E-state index >= 15 is 0 Å². The SMILES string of the molecule is O=C(O)[C@@H]1C[C@@H](S(=O)(=O)c2ccc(OC3COC3)cc2Cl)CN1. The summed E-state index contributed by atoms with van der Waals surface area (Å²) in [6.45, 7) is 1.09. The number of hydrogen-bond donors (Lipinski definition) is 2. The van der Waals surface area contributed by atoms with Crippen LogP contribution in [0.4, 0.5) is 0 Å². The van der Waals surface area contributed by atoms with Crippen molar-refractivity contribution in [3.05, 3.63) is 23.2 Å². The molecule has 0 spiro atoms. The second-order valence-electron chi connectivity index (χ2n) is 5.57. The largest absolute Gasteiger partial charge is 0.486 e. The summed E-state index contributed by atoms with van der Waals surface area (Å²) in [5.74, 6) is -0.574. The predicted octanol–water partition coefficient (Wildman–Crippen LogP) is 0.706. The van der Waals surface area contributed by atoms with Gasteiger partial charge in [0.1, 0.15) is 17.9 Å². The average Bonchev–Trinajstić information content (AvgIpc) is 2.93. The lowest BCUT2D eigenvalue weighted by Gasteiger charge is -2.26. The second-order valence-corrected chi connectivity index (χ2v) is 8.18. The molecule has 0 unspecified atom stereocenters. The molecule has 2 aliphatic rings. The topological polar surface area (TPSA) is 102 Å². The van der Waals surface area contributed by atoms with Crippen molar-refractivity contribution in [2.24, 2.45) is 0 Å². The van der Waals surface area contributed by atoms with Crippen LogP contribution in [0.5, 0.6) is 5.75 Å². The minimum absolute atomic E-state index is 0.00536. The van der Waals surface area contributed by atoms with Crippen LogP contribution in [0.15, 0.2) is 23.1 Å². The Hall–Kier alpha value is -1.35. The molecule has 0 aromatic heterocycles. The van der Waals surface area contributed by atoms with Crippen LogP contribution in [-0.2, 0) is 19.4 Å². The van der Waals surface area contributed by atoms with Crippen molar-refractivity contribution in [3.8, 4) is 5.75 Å². The normalized spacial score (nSPS) is 25.1. The Labute approximate surface area is 138 Å². The third kappa shape index (κ3) is 3.30. The quantitative estimate of drug-likeness (QED) is 0.796. The lowest BCUT2D eigenvalue weighted by Crippen LogP contribution is -2.38. The van der Waals surface area contributed by atoms with E-state index in [1.807, 2.05) is 0 Å². The standard InChI is InChI=1S/C14H16ClNO6S/c15-11-3-8(22-9-6-21-7-9)1-2-13(11)23(19,20)10-4-12(14(17)18)16-5-10/h1-3,9-10,12,16H,4-7H2,(H,17,18)/t10-,12+/m1/s1. The summed E-state index contributed by atoms with van der Waals surface area (Å²) in [5.41, 5.74) is 0. The van der Waals surface area contributed by atoms with Crippen LogP contribution in [0.1, 0.15) is 6.42 Å². The van der Waals surface area contributed by atoms with Crippen LogP contribution in [-0.4, -0.2) is 56.6 Å². The van der Waals surface area contributed by atoms with E-state index in [0.717, 1.165) is 0 Å². The lowest BCUT2D eigenvalue weighted by atomic mass is 10.2. The van der Waals surface area contributed by atoms with E-state index in [-0.39, 0.29) is 29.0 Å². The van der Waals surface area contributed by atoms with E-state index in [2.05, 4.69) is 5.32 Å². The van der Waals surface area contributed by atoms with Crippen molar-refractivity contribution >= 4 is 27.4 Å². The molecule has 23 heavy (non-hydrogen) atoms. The zero-order valence-electron chi connectivity index (χ0n) is 12.1. The molecule has 2 aliphatic heterocycles. The Bertz CT molecular complexity index is 718. The number of hydrogen-bond acceptors (Lipinski definition) is 6. The first kappa shape index (κ1) is 16.5. The summed E-state index contributed by atoms with van der Waals surface area (Å²) in [6.07, 6.45) is -0.0186. The first-order chi connectivity index (χ1) is 10.9. The summed E-state index contributed by atoms with van der Waals surface area (Å²) in [4.78, 5) is 10.9. The molecule has 2 fully saturated rings. The molecular weight excluding hydrogens is 346 g/mol. The van der Waals surface area contributed by atoms with Crippen molar-refractivity contribution in [1.82, 2.24) is 5.32 Å². The van der Waals surface area contributed by atoms with Gasteiger partial charge in [0.25, 0.3) is 0 Å². The Morgan fingerprint density at radius 2 is 2.13 bits per heavy atom. The lowest BCUT2D eigenvalue weighted by molar-refractivity contribution is -0.139. The van der Waals surface area contributed by atoms with Gasteiger partial charge in [-0.15, -0.1) is 0 Å². The second kappa shape index (κ2) is 6.27. The number of sulfone groups is 1. The van der Waals surface area contributed by atoms with Crippen LogP contribution in [0.2, 0.25) is 5.02 Å². The number of aliphatic carboxylic acids is 1. The first-order valence-electron chi connectivity index (χ1n) is 7.12. The van der Waals surface area contributed by atoms with E-state index in [1.165, 1.54) is 12.1 Å². The van der Waals surface area contributed by atoms with Crippen LogP contribution in [0, 0.1) is 0 Å². The highest BCUT2D eigenvalue weighted by Gasteiger charge is 2.38. The number of carboxylic acids is 1. The van der Waals surface area contributed by atoms with Crippen molar-refractivity contribution < 1.29 is 27.8 Å². The van der Waals surface area contributed by atoms with Gasteiger partial charge in [-0.3, -0.25) is 4.79 Å². The molecule has 2 atom stereocenters. The fourth-order valence-electron chi connectivity index (χ4n) is 2.57. The third-order valence-corrected chi connectivity index (χ3v) is 6.58. The molecule has 2 N–H and O–H groups in total. The highest BCUT2D eigenvalue weighted by atomic mass is 35.5. The Balaban J connectivity index is 1.78. The highest BCUT2D eigenvalue weighted by molar-refractivity contribution is 7.92. The predicted molar refractivity (Wildman–Crippen MR) is 81.7 cm³/mol. The zero-order chi connectivity index (χ0) is 16.6. The van der Waals surface area contributed by atoms with E-state index in [4.69, 9.17) is 26.2 Å². The van der Waals surface area contributed by atoms with Crippen molar-refractivity contribution in [2.75, 3.05) is 19.8 Å². The number of carbonyl (C=O) groups is 1. The maximum Gasteiger partial charge on any atom is 0.320 e. The van der Waals surface area contributed by atoms with E-state index in [1.54, 1.807) is 6.07 Å². The fourth-order valence-corrected chi connectivity index (χ4v) is 4.77. The molecule has 3 rings (SSSR count). The van der Waals surface area contributed by atoms with Gasteiger partial charge in [-0.2, -0.15) is 0 Å². The Morgan fingerprint density at radius 1 is 1.39 bits per heavy atom. The number of benzene rings is 1. The highest BCUT2D eigenvalue weighted by Crippen LogP contribution is 2.32. The van der Waals surface area contributed by atoms with Crippen LogP contribution in [0.3, 0.4) is 0 Å². The minimum Gasteiger partial charge on any atom is -0.486 e. The number of ether oxygens (including phenoxy) is 2. The maximum absolute atomic E-state index is 12.6. The van der Waals surface area contributed by atoms with Gasteiger partial charge in [0.15, 0.2) is 9.84 Å². The van der Waals surface area contributed by atoms with Crippen LogP contribution in [0.25, 0.3) is 0 Å². The summed E-state index contributed by atoms with van der Waals surface area (Å²) in [7, 11) is -3.71. The van der Waals surface area contributed by atoms with Gasteiger partial charge >= 0.3 is 5.97 Å². The molecule has 0 radical (unpaired) electrons. The van der Waals surface area contributed by atoms with Gasteiger partial charge in [0, 0.05) is 12.6 Å². The molecule has 9 heteroatoms.